The summed E-state index contributed by atoms with van der Waals surface area (Å²) in [5.41, 5.74) is -0.203. The summed E-state index contributed by atoms with van der Waals surface area (Å²) in [4.78, 5) is 13.7. The van der Waals surface area contributed by atoms with E-state index in [1.54, 1.807) is 0 Å². The van der Waals surface area contributed by atoms with Gasteiger partial charge in [-0.15, -0.1) is 0 Å². The molecule has 1 N–H and O–H groups in total. The molecule has 84 valence electrons. The predicted octanol–water partition coefficient (Wildman–Crippen LogP) is 1.11. The SMILES string of the molecule is O=C1OC2(CCCNC2)CN1C1CCC1. The molecule has 0 radical (unpaired) electrons. The maximum absolute atomic E-state index is 11.8. The zero-order valence-corrected chi connectivity index (χ0v) is 9.00. The van der Waals surface area contributed by atoms with E-state index in [4.69, 9.17) is 4.74 Å². The number of carbonyl (C=O) groups excluding carboxylic acids is 1. The minimum atomic E-state index is -0.203. The summed E-state index contributed by atoms with van der Waals surface area (Å²) < 4.78 is 5.58. The monoisotopic (exact) mass is 210 g/mol. The predicted molar refractivity (Wildman–Crippen MR) is 55.7 cm³/mol. The van der Waals surface area contributed by atoms with Crippen molar-refractivity contribution < 1.29 is 9.53 Å². The first-order chi connectivity index (χ1) is 7.29. The van der Waals surface area contributed by atoms with Crippen molar-refractivity contribution in [3.05, 3.63) is 0 Å². The molecule has 0 bridgehead atoms. The standard InChI is InChI=1S/C11H18N2O2/c14-10-13(9-3-1-4-9)8-11(15-10)5-2-6-12-7-11/h9,12H,1-8H2. The number of hydrogen-bond acceptors (Lipinski definition) is 3. The zero-order valence-electron chi connectivity index (χ0n) is 9.00. The van der Waals surface area contributed by atoms with Crippen LogP contribution in [0.4, 0.5) is 4.79 Å². The molecule has 1 amide bonds. The van der Waals surface area contributed by atoms with Gasteiger partial charge in [0.25, 0.3) is 0 Å². The van der Waals surface area contributed by atoms with E-state index < -0.39 is 0 Å². The van der Waals surface area contributed by atoms with Crippen LogP contribution >= 0.6 is 0 Å². The van der Waals surface area contributed by atoms with Gasteiger partial charge < -0.3 is 15.0 Å². The highest BCUT2D eigenvalue weighted by Crippen LogP contribution is 2.35. The average Bonchev–Trinajstić information content (AvgIpc) is 2.42. The van der Waals surface area contributed by atoms with Gasteiger partial charge in [0.05, 0.1) is 6.54 Å². The molecule has 1 atom stereocenters. The molecular formula is C11H18N2O2. The van der Waals surface area contributed by atoms with E-state index in [0.717, 1.165) is 32.5 Å². The van der Waals surface area contributed by atoms with Gasteiger partial charge in [0.15, 0.2) is 0 Å². The second-order valence-electron chi connectivity index (χ2n) is 5.04. The van der Waals surface area contributed by atoms with Gasteiger partial charge >= 0.3 is 6.09 Å². The first kappa shape index (κ1) is 9.46. The van der Waals surface area contributed by atoms with Crippen LogP contribution in [0, 0.1) is 0 Å². The van der Waals surface area contributed by atoms with Crippen LogP contribution in [0.3, 0.4) is 0 Å². The molecule has 0 aromatic heterocycles. The van der Waals surface area contributed by atoms with Crippen molar-refractivity contribution in [1.82, 2.24) is 10.2 Å². The van der Waals surface area contributed by atoms with Gasteiger partial charge in [0, 0.05) is 12.6 Å². The van der Waals surface area contributed by atoms with Crippen molar-refractivity contribution in [1.29, 1.82) is 0 Å². The van der Waals surface area contributed by atoms with Crippen molar-refractivity contribution in [3.8, 4) is 0 Å². The van der Waals surface area contributed by atoms with Gasteiger partial charge in [-0.3, -0.25) is 0 Å². The fourth-order valence-corrected chi connectivity index (χ4v) is 2.79. The van der Waals surface area contributed by atoms with E-state index in [0.29, 0.717) is 6.04 Å². The van der Waals surface area contributed by atoms with Crippen LogP contribution in [-0.2, 0) is 4.74 Å². The second kappa shape index (κ2) is 3.37. The molecule has 15 heavy (non-hydrogen) atoms. The summed E-state index contributed by atoms with van der Waals surface area (Å²) in [6, 6.07) is 0.471. The third-order valence-corrected chi connectivity index (χ3v) is 3.95. The molecule has 0 aromatic carbocycles. The van der Waals surface area contributed by atoms with E-state index in [1.807, 2.05) is 4.90 Å². The van der Waals surface area contributed by atoms with Crippen molar-refractivity contribution in [2.24, 2.45) is 0 Å². The van der Waals surface area contributed by atoms with Crippen molar-refractivity contribution >= 4 is 6.09 Å². The number of nitrogens with one attached hydrogen (secondary N) is 1. The fourth-order valence-electron chi connectivity index (χ4n) is 2.79. The lowest BCUT2D eigenvalue weighted by atomic mass is 9.89. The number of rotatable bonds is 1. The number of amides is 1. The summed E-state index contributed by atoms with van der Waals surface area (Å²) in [5.74, 6) is 0. The molecule has 4 nitrogen and oxygen atoms in total. The molecule has 1 aliphatic carbocycles. The molecule has 3 fully saturated rings. The Labute approximate surface area is 90.0 Å². The fraction of sp³-hybridized carbons (Fsp3) is 0.909. The van der Waals surface area contributed by atoms with Gasteiger partial charge in [0.1, 0.15) is 5.60 Å². The number of nitrogens with zero attached hydrogens (tertiary/aromatic N) is 1. The van der Waals surface area contributed by atoms with E-state index in [9.17, 15) is 4.79 Å². The van der Waals surface area contributed by atoms with Gasteiger partial charge in [0.2, 0.25) is 0 Å². The largest absolute Gasteiger partial charge is 0.440 e. The topological polar surface area (TPSA) is 41.6 Å². The molecular weight excluding hydrogens is 192 g/mol. The minimum Gasteiger partial charge on any atom is -0.440 e. The van der Waals surface area contributed by atoms with E-state index in [-0.39, 0.29) is 11.7 Å². The Hall–Kier alpha value is -0.770. The smallest absolute Gasteiger partial charge is 0.410 e. The molecule has 0 aromatic rings. The normalized spacial score (nSPS) is 36.8. The van der Waals surface area contributed by atoms with Crippen LogP contribution in [-0.4, -0.2) is 42.3 Å². The Balaban J connectivity index is 1.71. The molecule has 2 aliphatic heterocycles. The number of piperidine rings is 1. The van der Waals surface area contributed by atoms with Crippen molar-refractivity contribution in [3.63, 3.8) is 0 Å². The molecule has 1 unspecified atom stereocenters. The lowest BCUT2D eigenvalue weighted by molar-refractivity contribution is 0.0366. The third kappa shape index (κ3) is 1.51. The van der Waals surface area contributed by atoms with Crippen LogP contribution in [0.15, 0.2) is 0 Å². The Morgan fingerprint density at radius 2 is 2.27 bits per heavy atom. The summed E-state index contributed by atoms with van der Waals surface area (Å²) in [5, 5.41) is 3.33. The first-order valence-corrected chi connectivity index (χ1v) is 5.99. The summed E-state index contributed by atoms with van der Waals surface area (Å²) in [6.45, 7) is 2.70. The Morgan fingerprint density at radius 1 is 1.40 bits per heavy atom. The Bertz CT molecular complexity index is 270. The van der Waals surface area contributed by atoms with Gasteiger partial charge in [-0.2, -0.15) is 0 Å². The Kier molecular flexibility index (Phi) is 2.12. The summed E-state index contributed by atoms with van der Waals surface area (Å²) in [6.07, 6.45) is 5.65. The molecule has 2 heterocycles. The van der Waals surface area contributed by atoms with Crippen molar-refractivity contribution in [2.45, 2.75) is 43.7 Å². The highest BCUT2D eigenvalue weighted by Gasteiger charge is 2.48. The highest BCUT2D eigenvalue weighted by atomic mass is 16.6. The number of hydrogen-bond donors (Lipinski definition) is 1. The quantitative estimate of drug-likeness (QED) is 0.705. The molecule has 1 saturated carbocycles. The molecule has 2 saturated heterocycles. The van der Waals surface area contributed by atoms with Gasteiger partial charge in [-0.05, 0) is 38.6 Å². The highest BCUT2D eigenvalue weighted by molar-refractivity contribution is 5.71. The lowest BCUT2D eigenvalue weighted by Gasteiger charge is -2.35. The summed E-state index contributed by atoms with van der Waals surface area (Å²) in [7, 11) is 0. The van der Waals surface area contributed by atoms with Crippen LogP contribution in [0.5, 0.6) is 0 Å². The molecule has 4 heteroatoms. The molecule has 1 spiro atoms. The second-order valence-corrected chi connectivity index (χ2v) is 5.04. The van der Waals surface area contributed by atoms with Gasteiger partial charge in [-0.25, -0.2) is 4.79 Å². The van der Waals surface area contributed by atoms with Gasteiger partial charge in [-0.1, -0.05) is 0 Å². The van der Waals surface area contributed by atoms with E-state index >= 15 is 0 Å². The minimum absolute atomic E-state index is 0.0802. The Morgan fingerprint density at radius 3 is 2.87 bits per heavy atom. The maximum Gasteiger partial charge on any atom is 0.410 e. The van der Waals surface area contributed by atoms with Crippen LogP contribution in [0.1, 0.15) is 32.1 Å². The first-order valence-electron chi connectivity index (χ1n) is 5.99. The zero-order chi connectivity index (χ0) is 10.3. The van der Waals surface area contributed by atoms with Crippen molar-refractivity contribution in [2.75, 3.05) is 19.6 Å². The van der Waals surface area contributed by atoms with E-state index in [2.05, 4.69) is 5.32 Å². The average molecular weight is 210 g/mol. The maximum atomic E-state index is 11.8. The molecule has 3 aliphatic rings. The van der Waals surface area contributed by atoms with Crippen LogP contribution in [0.2, 0.25) is 0 Å². The lowest BCUT2D eigenvalue weighted by Crippen LogP contribution is -2.50. The van der Waals surface area contributed by atoms with Crippen LogP contribution < -0.4 is 5.32 Å². The number of carbonyl (C=O) groups is 1. The number of ether oxygens (including phenoxy) is 1. The third-order valence-electron chi connectivity index (χ3n) is 3.95. The molecule has 3 rings (SSSR count). The van der Waals surface area contributed by atoms with E-state index in [1.165, 1.54) is 19.3 Å². The summed E-state index contributed by atoms with van der Waals surface area (Å²) >= 11 is 0. The van der Waals surface area contributed by atoms with Crippen LogP contribution in [0.25, 0.3) is 0 Å².